The number of hydrogen-bond donors (Lipinski definition) is 1. The number of carbonyl (C=O) groups is 2. The summed E-state index contributed by atoms with van der Waals surface area (Å²) in [7, 11) is -4.21. The molecule has 44 heavy (non-hydrogen) atoms. The van der Waals surface area contributed by atoms with E-state index in [0.717, 1.165) is 4.31 Å². The Bertz CT molecular complexity index is 1690. The van der Waals surface area contributed by atoms with Crippen LogP contribution in [-0.2, 0) is 26.2 Å². The summed E-state index contributed by atoms with van der Waals surface area (Å²) in [6, 6.07) is 27.1. The van der Waals surface area contributed by atoms with Crippen molar-refractivity contribution in [3.63, 3.8) is 0 Å². The molecule has 0 aliphatic heterocycles. The van der Waals surface area contributed by atoms with Gasteiger partial charge in [0.1, 0.15) is 24.1 Å². The molecule has 1 unspecified atom stereocenters. The van der Waals surface area contributed by atoms with E-state index in [4.69, 9.17) is 27.9 Å². The number of hydrogen-bond acceptors (Lipinski definition) is 5. The number of benzene rings is 4. The van der Waals surface area contributed by atoms with Crippen molar-refractivity contribution in [2.24, 2.45) is 0 Å². The van der Waals surface area contributed by atoms with Gasteiger partial charge in [-0.2, -0.15) is 0 Å². The molecular weight excluding hydrogens is 621 g/mol. The minimum absolute atomic E-state index is 0.00954. The Morgan fingerprint density at radius 1 is 0.818 bits per heavy atom. The summed E-state index contributed by atoms with van der Waals surface area (Å²) in [6.45, 7) is 4.58. The second-order valence-corrected chi connectivity index (χ2v) is 13.0. The van der Waals surface area contributed by atoms with Crippen LogP contribution < -0.4 is 14.4 Å². The number of nitrogens with zero attached hydrogens (tertiary/aromatic N) is 2. The lowest BCUT2D eigenvalue weighted by Crippen LogP contribution is -2.52. The molecular formula is C33H33Cl2N3O5S. The van der Waals surface area contributed by atoms with Crippen LogP contribution in [0.2, 0.25) is 10.0 Å². The van der Waals surface area contributed by atoms with E-state index in [1.54, 1.807) is 79.7 Å². The van der Waals surface area contributed by atoms with Crippen LogP contribution in [0.15, 0.2) is 108 Å². The van der Waals surface area contributed by atoms with Gasteiger partial charge < -0.3 is 15.0 Å². The Kier molecular flexibility index (Phi) is 10.9. The maximum absolute atomic E-state index is 14.1. The van der Waals surface area contributed by atoms with Gasteiger partial charge in [-0.25, -0.2) is 8.42 Å². The fraction of sp³-hybridized carbons (Fsp3) is 0.212. The number of rotatable bonds is 12. The van der Waals surface area contributed by atoms with Crippen molar-refractivity contribution in [2.75, 3.05) is 10.8 Å². The zero-order chi connectivity index (χ0) is 31.9. The molecule has 0 saturated carbocycles. The highest BCUT2D eigenvalue weighted by molar-refractivity contribution is 7.92. The van der Waals surface area contributed by atoms with Gasteiger partial charge >= 0.3 is 0 Å². The van der Waals surface area contributed by atoms with Crippen LogP contribution in [0.3, 0.4) is 0 Å². The highest BCUT2D eigenvalue weighted by Gasteiger charge is 2.33. The van der Waals surface area contributed by atoms with Gasteiger partial charge in [-0.15, -0.1) is 0 Å². The van der Waals surface area contributed by atoms with Crippen LogP contribution in [0.1, 0.15) is 26.3 Å². The zero-order valence-electron chi connectivity index (χ0n) is 24.5. The first kappa shape index (κ1) is 32.9. The molecule has 0 saturated heterocycles. The Morgan fingerprint density at radius 2 is 1.41 bits per heavy atom. The molecule has 0 fully saturated rings. The number of ether oxygens (including phenoxy) is 1. The molecule has 0 radical (unpaired) electrons. The van der Waals surface area contributed by atoms with Crippen LogP contribution in [-0.4, -0.2) is 43.8 Å². The third-order valence-corrected chi connectivity index (χ3v) is 9.04. The minimum atomic E-state index is -4.21. The lowest BCUT2D eigenvalue weighted by atomic mass is 10.1. The van der Waals surface area contributed by atoms with Gasteiger partial charge in [0.2, 0.25) is 11.8 Å². The average molecular weight is 655 g/mol. The molecule has 4 aromatic rings. The van der Waals surface area contributed by atoms with E-state index in [-0.39, 0.29) is 23.2 Å². The van der Waals surface area contributed by atoms with Crippen molar-refractivity contribution in [1.29, 1.82) is 0 Å². The molecule has 230 valence electrons. The predicted octanol–water partition coefficient (Wildman–Crippen LogP) is 6.92. The van der Waals surface area contributed by atoms with Gasteiger partial charge in [-0.3, -0.25) is 13.9 Å². The molecule has 0 heterocycles. The van der Waals surface area contributed by atoms with Crippen molar-refractivity contribution in [3.8, 4) is 11.5 Å². The van der Waals surface area contributed by atoms with Gasteiger partial charge in [0, 0.05) is 22.6 Å². The summed E-state index contributed by atoms with van der Waals surface area (Å²) in [4.78, 5) is 28.5. The predicted molar refractivity (Wildman–Crippen MR) is 174 cm³/mol. The third-order valence-electron chi connectivity index (χ3n) is 6.67. The molecule has 2 amide bonds. The molecule has 8 nitrogen and oxygen atoms in total. The monoisotopic (exact) mass is 653 g/mol. The number of halogens is 2. The van der Waals surface area contributed by atoms with Crippen molar-refractivity contribution >= 4 is 50.7 Å². The third kappa shape index (κ3) is 8.31. The van der Waals surface area contributed by atoms with E-state index in [9.17, 15) is 18.0 Å². The number of sulfonamides is 1. The van der Waals surface area contributed by atoms with Gasteiger partial charge in [-0.1, -0.05) is 65.7 Å². The summed E-state index contributed by atoms with van der Waals surface area (Å²) in [5.41, 5.74) is 0.792. The minimum Gasteiger partial charge on any atom is -0.457 e. The molecule has 0 aliphatic carbocycles. The van der Waals surface area contributed by atoms with E-state index in [0.29, 0.717) is 27.1 Å². The van der Waals surface area contributed by atoms with Gasteiger partial charge in [0.05, 0.1) is 10.6 Å². The fourth-order valence-electron chi connectivity index (χ4n) is 4.37. The van der Waals surface area contributed by atoms with Crippen molar-refractivity contribution in [2.45, 2.75) is 44.3 Å². The van der Waals surface area contributed by atoms with Gasteiger partial charge in [-0.05, 0) is 87.0 Å². The van der Waals surface area contributed by atoms with E-state index in [2.05, 4.69) is 5.32 Å². The van der Waals surface area contributed by atoms with Crippen molar-refractivity contribution in [1.82, 2.24) is 10.2 Å². The molecule has 4 rings (SSSR count). The standard InChI is InChI=1S/C33H33Cl2N3O5S/c1-23(2)36-33(40)24(3)37(21-25-14-15-26(34)20-31(25)35)32(39)22-38(44(41,42)30-12-8-5-9-13-30)27-16-18-29(19-17-27)43-28-10-6-4-7-11-28/h4-20,23-24H,21-22H2,1-3H3,(H,36,40). The maximum atomic E-state index is 14.1. The second-order valence-electron chi connectivity index (χ2n) is 10.3. The van der Waals surface area contributed by atoms with Crippen LogP contribution in [0.25, 0.3) is 0 Å². The maximum Gasteiger partial charge on any atom is 0.264 e. The van der Waals surface area contributed by atoms with E-state index in [1.807, 2.05) is 32.0 Å². The van der Waals surface area contributed by atoms with Crippen molar-refractivity contribution < 1.29 is 22.7 Å². The molecule has 0 bridgehead atoms. The molecule has 4 aromatic carbocycles. The Hall–Kier alpha value is -4.05. The lowest BCUT2D eigenvalue weighted by Gasteiger charge is -2.32. The molecule has 0 aromatic heterocycles. The lowest BCUT2D eigenvalue weighted by molar-refractivity contribution is -0.139. The number of amides is 2. The van der Waals surface area contributed by atoms with Crippen LogP contribution >= 0.6 is 23.2 Å². The summed E-state index contributed by atoms with van der Waals surface area (Å²) in [5.74, 6) is 0.112. The Morgan fingerprint density at radius 3 is 2.00 bits per heavy atom. The Balaban J connectivity index is 1.71. The largest absolute Gasteiger partial charge is 0.457 e. The highest BCUT2D eigenvalue weighted by Crippen LogP contribution is 2.29. The van der Waals surface area contributed by atoms with Crippen molar-refractivity contribution in [3.05, 3.63) is 119 Å². The van der Waals surface area contributed by atoms with Gasteiger partial charge in [0.15, 0.2) is 0 Å². The van der Waals surface area contributed by atoms with E-state index in [1.165, 1.54) is 17.0 Å². The first-order valence-electron chi connectivity index (χ1n) is 13.9. The topological polar surface area (TPSA) is 96.0 Å². The van der Waals surface area contributed by atoms with E-state index < -0.39 is 34.4 Å². The molecule has 11 heteroatoms. The SMILES string of the molecule is CC(C)NC(=O)C(C)N(Cc1ccc(Cl)cc1Cl)C(=O)CN(c1ccc(Oc2ccccc2)cc1)S(=O)(=O)c1ccccc1. The first-order valence-corrected chi connectivity index (χ1v) is 16.1. The normalized spacial score (nSPS) is 12.0. The second kappa shape index (κ2) is 14.6. The molecule has 0 spiro atoms. The summed E-state index contributed by atoms with van der Waals surface area (Å²) < 4.78 is 34.8. The number of para-hydroxylation sites is 1. The summed E-state index contributed by atoms with van der Waals surface area (Å²) in [5, 5.41) is 3.55. The summed E-state index contributed by atoms with van der Waals surface area (Å²) in [6.07, 6.45) is 0. The zero-order valence-corrected chi connectivity index (χ0v) is 26.8. The number of nitrogens with one attached hydrogen (secondary N) is 1. The van der Waals surface area contributed by atoms with Crippen LogP contribution in [0, 0.1) is 0 Å². The highest BCUT2D eigenvalue weighted by atomic mass is 35.5. The summed E-state index contributed by atoms with van der Waals surface area (Å²) >= 11 is 12.5. The quantitative estimate of drug-likeness (QED) is 0.179. The Labute approximate surface area is 268 Å². The van der Waals surface area contributed by atoms with Gasteiger partial charge in [0.25, 0.3) is 10.0 Å². The van der Waals surface area contributed by atoms with Crippen LogP contribution in [0.5, 0.6) is 11.5 Å². The first-order chi connectivity index (χ1) is 21.0. The number of anilines is 1. The molecule has 1 N–H and O–H groups in total. The molecule has 0 aliphatic rings. The van der Waals surface area contributed by atoms with E-state index >= 15 is 0 Å². The fourth-order valence-corrected chi connectivity index (χ4v) is 6.28. The number of carbonyl (C=O) groups excluding carboxylic acids is 2. The average Bonchev–Trinajstić information content (AvgIpc) is 3.00. The smallest absolute Gasteiger partial charge is 0.264 e. The van der Waals surface area contributed by atoms with Crippen LogP contribution in [0.4, 0.5) is 5.69 Å². The molecule has 1 atom stereocenters.